The molecule has 0 saturated carbocycles. The molecule has 0 atom stereocenters. The van der Waals surface area contributed by atoms with E-state index < -0.39 is 41.2 Å². The number of imide groups is 1. The molecule has 33 heavy (non-hydrogen) atoms. The molecule has 1 aromatic carbocycles. The molecule has 2 heterocycles. The maximum absolute atomic E-state index is 13.4. The highest BCUT2D eigenvalue weighted by molar-refractivity contribution is 6.10. The van der Waals surface area contributed by atoms with Crippen molar-refractivity contribution in [1.29, 1.82) is 0 Å². The zero-order chi connectivity index (χ0) is 24.3. The van der Waals surface area contributed by atoms with Gasteiger partial charge in [-0.15, -0.1) is 0 Å². The summed E-state index contributed by atoms with van der Waals surface area (Å²) in [4.78, 5) is 67.2. The maximum Gasteiger partial charge on any atom is 0.330 e. The molecule has 12 nitrogen and oxygen atoms in total. The molecular formula is C21H26N6O6. The quantitative estimate of drug-likeness (QED) is 0.455. The third kappa shape index (κ3) is 4.80. The smallest absolute Gasteiger partial charge is 0.330 e. The van der Waals surface area contributed by atoms with Crippen molar-refractivity contribution < 1.29 is 19.1 Å². The van der Waals surface area contributed by atoms with E-state index in [1.165, 1.54) is 21.0 Å². The fourth-order valence-corrected chi connectivity index (χ4v) is 3.48. The second kappa shape index (κ2) is 9.28. The van der Waals surface area contributed by atoms with Gasteiger partial charge in [0.2, 0.25) is 5.91 Å². The molecule has 4 N–H and O–H groups in total. The van der Waals surface area contributed by atoms with Crippen molar-refractivity contribution in [3.05, 3.63) is 56.7 Å². The normalized spacial score (nSPS) is 14.9. The van der Waals surface area contributed by atoms with Crippen molar-refractivity contribution in [2.24, 2.45) is 0 Å². The number of rotatable bonds is 8. The van der Waals surface area contributed by atoms with E-state index in [0.29, 0.717) is 5.56 Å². The van der Waals surface area contributed by atoms with Crippen molar-refractivity contribution in [3.63, 3.8) is 0 Å². The number of aromatic nitrogens is 2. The molecule has 1 saturated heterocycles. The van der Waals surface area contributed by atoms with Crippen LogP contribution in [0, 0.1) is 0 Å². The van der Waals surface area contributed by atoms with E-state index in [2.05, 4.69) is 10.3 Å². The number of nitrogens with one attached hydrogen (secondary N) is 2. The summed E-state index contributed by atoms with van der Waals surface area (Å²) in [5.74, 6) is -1.54. The third-order valence-corrected chi connectivity index (χ3v) is 5.23. The van der Waals surface area contributed by atoms with Crippen LogP contribution in [-0.4, -0.2) is 58.1 Å². The van der Waals surface area contributed by atoms with Crippen LogP contribution >= 0.6 is 0 Å². The molecular weight excluding hydrogens is 432 g/mol. The topological polar surface area (TPSA) is 160 Å². The molecule has 2 aromatic rings. The number of carbonyl (C=O) groups is 3. The van der Waals surface area contributed by atoms with Crippen LogP contribution in [-0.2, 0) is 27.4 Å². The number of nitrogens with zero attached hydrogens (tertiary/aromatic N) is 3. The van der Waals surface area contributed by atoms with Gasteiger partial charge in [-0.25, -0.2) is 9.59 Å². The monoisotopic (exact) mass is 458 g/mol. The number of aromatic amines is 1. The lowest BCUT2D eigenvalue weighted by Crippen LogP contribution is -2.47. The molecule has 3 rings (SSSR count). The van der Waals surface area contributed by atoms with E-state index in [1.54, 1.807) is 30.3 Å². The number of nitrogen functional groups attached to an aromatic ring is 1. The number of amides is 4. The standard InChI is InChI=1S/C21H26N6O6/c1-21(2)18(30)27(20(32)24-21)12-14(28)26(11-13-7-5-4-6-8-13)15-16(22)25(9-10-33-3)19(31)23-17(15)29/h4-8H,9-12,22H2,1-3H3,(H,24,32)(H,23,29,31). The average Bonchev–Trinajstić information content (AvgIpc) is 2.94. The van der Waals surface area contributed by atoms with E-state index in [0.717, 1.165) is 14.4 Å². The number of ether oxygens (including phenoxy) is 1. The van der Waals surface area contributed by atoms with Gasteiger partial charge in [-0.1, -0.05) is 30.3 Å². The fourth-order valence-electron chi connectivity index (χ4n) is 3.48. The minimum absolute atomic E-state index is 0.0412. The van der Waals surface area contributed by atoms with Crippen molar-refractivity contribution in [3.8, 4) is 0 Å². The number of methoxy groups -OCH3 is 1. The van der Waals surface area contributed by atoms with Gasteiger partial charge in [-0.05, 0) is 19.4 Å². The second-order valence-electron chi connectivity index (χ2n) is 8.05. The van der Waals surface area contributed by atoms with Gasteiger partial charge in [0.25, 0.3) is 11.5 Å². The predicted octanol–water partition coefficient (Wildman–Crippen LogP) is -0.371. The van der Waals surface area contributed by atoms with E-state index in [9.17, 15) is 24.0 Å². The summed E-state index contributed by atoms with van der Waals surface area (Å²) < 4.78 is 6.07. The largest absolute Gasteiger partial charge is 0.383 e. The van der Waals surface area contributed by atoms with E-state index >= 15 is 0 Å². The molecule has 176 valence electrons. The summed E-state index contributed by atoms with van der Waals surface area (Å²) in [7, 11) is 1.44. The lowest BCUT2D eigenvalue weighted by atomic mass is 10.1. The van der Waals surface area contributed by atoms with Gasteiger partial charge in [-0.3, -0.25) is 33.7 Å². The first-order valence-corrected chi connectivity index (χ1v) is 10.2. The van der Waals surface area contributed by atoms with Gasteiger partial charge in [0, 0.05) is 7.11 Å². The van der Waals surface area contributed by atoms with Crippen molar-refractivity contribution >= 4 is 29.4 Å². The number of H-pyrrole nitrogens is 1. The Hall–Kier alpha value is -3.93. The molecule has 12 heteroatoms. The molecule has 1 aliphatic heterocycles. The Morgan fingerprint density at radius 3 is 2.39 bits per heavy atom. The molecule has 1 aromatic heterocycles. The number of anilines is 2. The van der Waals surface area contributed by atoms with Gasteiger partial charge in [0.15, 0.2) is 5.69 Å². The zero-order valence-corrected chi connectivity index (χ0v) is 18.6. The molecule has 0 unspecified atom stereocenters. The number of benzene rings is 1. The Bertz CT molecular complexity index is 1190. The maximum atomic E-state index is 13.4. The molecule has 0 spiro atoms. The predicted molar refractivity (Wildman–Crippen MR) is 120 cm³/mol. The first-order chi connectivity index (χ1) is 15.6. The van der Waals surface area contributed by atoms with Gasteiger partial charge >= 0.3 is 11.7 Å². The number of urea groups is 1. The molecule has 0 bridgehead atoms. The van der Waals surface area contributed by atoms with E-state index in [1.807, 2.05) is 0 Å². The number of nitrogens with two attached hydrogens (primary N) is 1. The molecule has 1 fully saturated rings. The van der Waals surface area contributed by atoms with E-state index in [-0.39, 0.29) is 31.2 Å². The van der Waals surface area contributed by atoms with Crippen LogP contribution < -0.4 is 27.2 Å². The summed E-state index contributed by atoms with van der Waals surface area (Å²) in [5, 5.41) is 2.50. The van der Waals surface area contributed by atoms with Gasteiger partial charge in [-0.2, -0.15) is 0 Å². The van der Waals surface area contributed by atoms with Gasteiger partial charge in [0.1, 0.15) is 17.9 Å². The molecule has 0 radical (unpaired) electrons. The van der Waals surface area contributed by atoms with E-state index in [4.69, 9.17) is 10.5 Å². The minimum Gasteiger partial charge on any atom is -0.383 e. The number of hydrogen-bond acceptors (Lipinski definition) is 7. The van der Waals surface area contributed by atoms with Crippen LogP contribution in [0.25, 0.3) is 0 Å². The Kier molecular flexibility index (Phi) is 6.68. The Balaban J connectivity index is 2.05. The van der Waals surface area contributed by atoms with Crippen LogP contribution in [0.5, 0.6) is 0 Å². The highest BCUT2D eigenvalue weighted by atomic mass is 16.5. The SMILES string of the molecule is COCCn1c(N)c(N(Cc2ccccc2)C(=O)CN2C(=O)NC(C)(C)C2=O)c(=O)[nH]c1=O. The van der Waals surface area contributed by atoms with Crippen molar-refractivity contribution in [2.75, 3.05) is 30.9 Å². The Morgan fingerprint density at radius 1 is 1.15 bits per heavy atom. The fraction of sp³-hybridized carbons (Fsp3) is 0.381. The lowest BCUT2D eigenvalue weighted by molar-refractivity contribution is -0.133. The zero-order valence-electron chi connectivity index (χ0n) is 18.6. The van der Waals surface area contributed by atoms with Gasteiger partial charge in [0.05, 0.1) is 19.7 Å². The molecule has 0 aliphatic carbocycles. The number of hydrogen-bond donors (Lipinski definition) is 3. The molecule has 4 amide bonds. The van der Waals surface area contributed by atoms with Gasteiger partial charge < -0.3 is 15.8 Å². The highest BCUT2D eigenvalue weighted by Crippen LogP contribution is 2.22. The first-order valence-electron chi connectivity index (χ1n) is 10.2. The van der Waals surface area contributed by atoms with Crippen LogP contribution in [0.3, 0.4) is 0 Å². The Morgan fingerprint density at radius 2 is 1.82 bits per heavy atom. The van der Waals surface area contributed by atoms with Crippen LogP contribution in [0.2, 0.25) is 0 Å². The lowest BCUT2D eigenvalue weighted by Gasteiger charge is -2.26. The first kappa shape index (κ1) is 23.7. The summed E-state index contributed by atoms with van der Waals surface area (Å²) >= 11 is 0. The Labute approximate surface area is 188 Å². The summed E-state index contributed by atoms with van der Waals surface area (Å²) in [6, 6.07) is 8.06. The van der Waals surface area contributed by atoms with Crippen LogP contribution in [0.1, 0.15) is 19.4 Å². The molecule has 1 aliphatic rings. The average molecular weight is 458 g/mol. The minimum atomic E-state index is -1.16. The highest BCUT2D eigenvalue weighted by Gasteiger charge is 2.45. The number of carbonyl (C=O) groups excluding carboxylic acids is 3. The van der Waals surface area contributed by atoms with Crippen molar-refractivity contribution in [1.82, 2.24) is 19.8 Å². The second-order valence-corrected chi connectivity index (χ2v) is 8.05. The third-order valence-electron chi connectivity index (χ3n) is 5.23. The van der Waals surface area contributed by atoms with Crippen molar-refractivity contribution in [2.45, 2.75) is 32.5 Å². The summed E-state index contributed by atoms with van der Waals surface area (Å²) in [6.45, 7) is 2.53. The summed E-state index contributed by atoms with van der Waals surface area (Å²) in [6.07, 6.45) is 0. The summed E-state index contributed by atoms with van der Waals surface area (Å²) in [5.41, 5.74) is 3.79. The van der Waals surface area contributed by atoms with Crippen LogP contribution in [0.15, 0.2) is 39.9 Å². The van der Waals surface area contributed by atoms with Crippen LogP contribution in [0.4, 0.5) is 16.3 Å².